The van der Waals surface area contributed by atoms with Gasteiger partial charge in [0.15, 0.2) is 0 Å². The smallest absolute Gasteiger partial charge is 0.349 e. The van der Waals surface area contributed by atoms with Gasteiger partial charge >= 0.3 is 5.69 Å². The Balaban J connectivity index is 1.97. The summed E-state index contributed by atoms with van der Waals surface area (Å²) in [5, 5.41) is 6.75. The molecule has 4 N–H and O–H groups in total. The first-order chi connectivity index (χ1) is 17.2. The number of aromatic amines is 1. The number of carbonyl (C=O) groups is 2. The minimum atomic E-state index is -1.12. The number of primary amides is 1. The quantitative estimate of drug-likeness (QED) is 0.339. The largest absolute Gasteiger partial charge is 0.369 e. The number of halogens is 3. The van der Waals surface area contributed by atoms with Crippen LogP contribution in [0.2, 0.25) is 15.1 Å². The molecule has 1 unspecified atom stereocenters. The number of hydrogen-bond acceptors (Lipinski definition) is 5. The van der Waals surface area contributed by atoms with Crippen LogP contribution in [0.15, 0.2) is 76.4 Å². The number of H-pyrrole nitrogens is 1. The first kappa shape index (κ1) is 25.2. The Morgan fingerprint density at radius 3 is 2.28 bits per heavy atom. The van der Waals surface area contributed by atoms with Gasteiger partial charge in [-0.15, -0.1) is 0 Å². The van der Waals surface area contributed by atoms with Crippen molar-refractivity contribution in [2.24, 2.45) is 5.73 Å². The fourth-order valence-electron chi connectivity index (χ4n) is 3.60. The lowest BCUT2D eigenvalue weighted by Crippen LogP contribution is -2.31. The predicted octanol–water partition coefficient (Wildman–Crippen LogP) is 3.75. The van der Waals surface area contributed by atoms with E-state index in [2.05, 4.69) is 15.4 Å². The Bertz CT molecular complexity index is 1580. The molecular weight excluding hydrogens is 529 g/mol. The molecule has 1 heterocycles. The summed E-state index contributed by atoms with van der Waals surface area (Å²) in [5.74, 6) is -2.45. The lowest BCUT2D eigenvalue weighted by atomic mass is 9.89. The molecule has 0 aliphatic rings. The maximum Gasteiger partial charge on any atom is 0.349 e. The molecule has 2 amide bonds. The molecule has 4 rings (SSSR count). The van der Waals surface area contributed by atoms with E-state index in [1.54, 1.807) is 54.6 Å². The number of nitrogens with one attached hydrogen (secondary N) is 2. The second-order valence-electron chi connectivity index (χ2n) is 7.54. The average molecular weight is 545 g/mol. The van der Waals surface area contributed by atoms with Crippen molar-refractivity contribution in [3.63, 3.8) is 0 Å². The highest BCUT2D eigenvalue weighted by Gasteiger charge is 2.30. The Morgan fingerprint density at radius 2 is 1.67 bits per heavy atom. The third-order valence-corrected chi connectivity index (χ3v) is 6.18. The summed E-state index contributed by atoms with van der Waals surface area (Å²) in [5.41, 5.74) is 4.81. The van der Waals surface area contributed by atoms with Crippen LogP contribution in [0, 0.1) is 0 Å². The average Bonchev–Trinajstić information content (AvgIpc) is 2.84. The van der Waals surface area contributed by atoms with Gasteiger partial charge < -0.3 is 11.1 Å². The van der Waals surface area contributed by atoms with Crippen molar-refractivity contribution in [1.82, 2.24) is 14.8 Å². The van der Waals surface area contributed by atoms with Crippen molar-refractivity contribution in [1.29, 1.82) is 0 Å². The van der Waals surface area contributed by atoms with E-state index < -0.39 is 29.0 Å². The SMILES string of the molecule is NC(=O)C(c1ccc(Cl)cc1)c1c(Cl)cc(-n2ncc(=O)[nH]c2=O)c(NC(=O)c2ccccc2)c1Cl. The molecule has 1 aromatic heterocycles. The van der Waals surface area contributed by atoms with Crippen LogP contribution in [0.4, 0.5) is 5.69 Å². The zero-order valence-corrected chi connectivity index (χ0v) is 20.4. The van der Waals surface area contributed by atoms with Crippen LogP contribution >= 0.6 is 34.8 Å². The van der Waals surface area contributed by atoms with Crippen LogP contribution in [0.5, 0.6) is 0 Å². The van der Waals surface area contributed by atoms with Crippen LogP contribution in [0.25, 0.3) is 5.69 Å². The van der Waals surface area contributed by atoms with Crippen molar-refractivity contribution in [3.8, 4) is 5.69 Å². The van der Waals surface area contributed by atoms with Gasteiger partial charge in [0.25, 0.3) is 11.5 Å². The fraction of sp³-hybridized carbons (Fsp3) is 0.0417. The monoisotopic (exact) mass is 543 g/mol. The normalized spacial score (nSPS) is 11.6. The third kappa shape index (κ3) is 5.03. The number of benzene rings is 3. The van der Waals surface area contributed by atoms with Gasteiger partial charge in [-0.3, -0.25) is 19.4 Å². The number of carbonyl (C=O) groups excluding carboxylic acids is 2. The maximum atomic E-state index is 13.0. The van der Waals surface area contributed by atoms with Gasteiger partial charge in [0.05, 0.1) is 22.3 Å². The Labute approximate surface area is 218 Å². The maximum absolute atomic E-state index is 13.0. The van der Waals surface area contributed by atoms with Gasteiger partial charge in [0.1, 0.15) is 6.20 Å². The Hall–Kier alpha value is -3.92. The van der Waals surface area contributed by atoms with E-state index in [0.717, 1.165) is 10.9 Å². The molecule has 0 saturated heterocycles. The van der Waals surface area contributed by atoms with Crippen LogP contribution in [-0.4, -0.2) is 26.6 Å². The second kappa shape index (κ2) is 10.4. The standard InChI is InChI=1S/C24H16Cl3N5O4/c25-14-8-6-12(7-9-14)18(22(28)34)19-15(26)10-16(32-24(36)30-17(33)11-29-32)21(20(19)27)31-23(35)13-4-2-1-3-5-13/h1-11,18H,(H2,28,34)(H,31,35)(H,30,33,36). The van der Waals surface area contributed by atoms with E-state index in [9.17, 15) is 19.2 Å². The van der Waals surface area contributed by atoms with Crippen LogP contribution in [0.1, 0.15) is 27.4 Å². The topological polar surface area (TPSA) is 140 Å². The van der Waals surface area contributed by atoms with Crippen molar-refractivity contribution in [2.75, 3.05) is 5.32 Å². The minimum absolute atomic E-state index is 0.0358. The zero-order valence-electron chi connectivity index (χ0n) is 18.2. The van der Waals surface area contributed by atoms with E-state index >= 15 is 0 Å². The summed E-state index contributed by atoms with van der Waals surface area (Å²) in [7, 11) is 0. The molecule has 9 nitrogen and oxygen atoms in total. The van der Waals surface area contributed by atoms with Crippen LogP contribution in [0.3, 0.4) is 0 Å². The summed E-state index contributed by atoms with van der Waals surface area (Å²) in [6.07, 6.45) is 0.875. The van der Waals surface area contributed by atoms with Crippen molar-refractivity contribution in [3.05, 3.63) is 119 Å². The van der Waals surface area contributed by atoms with Gasteiger partial charge in [-0.05, 0) is 35.9 Å². The number of nitrogens with two attached hydrogens (primary N) is 1. The number of aromatic nitrogens is 3. The molecule has 1 atom stereocenters. The van der Waals surface area contributed by atoms with Gasteiger partial charge in [-0.2, -0.15) is 9.78 Å². The van der Waals surface area contributed by atoms with Crippen molar-refractivity contribution >= 4 is 52.3 Å². The van der Waals surface area contributed by atoms with Gasteiger partial charge in [-0.1, -0.05) is 65.1 Å². The zero-order chi connectivity index (χ0) is 26.0. The third-order valence-electron chi connectivity index (χ3n) is 5.23. The summed E-state index contributed by atoms with van der Waals surface area (Å²) < 4.78 is 0.811. The highest BCUT2D eigenvalue weighted by atomic mass is 35.5. The predicted molar refractivity (Wildman–Crippen MR) is 137 cm³/mol. The summed E-state index contributed by atoms with van der Waals surface area (Å²) in [4.78, 5) is 51.7. The van der Waals surface area contributed by atoms with Crippen LogP contribution in [-0.2, 0) is 4.79 Å². The molecule has 36 heavy (non-hydrogen) atoms. The molecule has 3 aromatic carbocycles. The molecule has 0 aliphatic heterocycles. The first-order valence-electron chi connectivity index (χ1n) is 10.3. The van der Waals surface area contributed by atoms with Crippen molar-refractivity contribution < 1.29 is 9.59 Å². The lowest BCUT2D eigenvalue weighted by Gasteiger charge is -2.22. The van der Waals surface area contributed by atoms with E-state index in [-0.39, 0.29) is 27.0 Å². The molecule has 0 fully saturated rings. The first-order valence-corrected chi connectivity index (χ1v) is 11.4. The number of hydrogen-bond donors (Lipinski definition) is 3. The lowest BCUT2D eigenvalue weighted by molar-refractivity contribution is -0.118. The highest BCUT2D eigenvalue weighted by molar-refractivity contribution is 6.39. The molecule has 0 radical (unpaired) electrons. The Kier molecular flexibility index (Phi) is 7.25. The number of nitrogens with zero attached hydrogens (tertiary/aromatic N) is 2. The van der Waals surface area contributed by atoms with Gasteiger partial charge in [0, 0.05) is 21.2 Å². The molecule has 0 saturated carbocycles. The molecule has 4 aromatic rings. The fourth-order valence-corrected chi connectivity index (χ4v) is 4.44. The van der Waals surface area contributed by atoms with Gasteiger partial charge in [0.2, 0.25) is 5.91 Å². The van der Waals surface area contributed by atoms with E-state index in [1.165, 1.54) is 6.07 Å². The number of anilines is 1. The van der Waals surface area contributed by atoms with E-state index in [1.807, 2.05) is 0 Å². The van der Waals surface area contributed by atoms with E-state index in [0.29, 0.717) is 16.1 Å². The highest BCUT2D eigenvalue weighted by Crippen LogP contribution is 2.43. The second-order valence-corrected chi connectivity index (χ2v) is 8.76. The molecule has 12 heteroatoms. The molecule has 0 bridgehead atoms. The van der Waals surface area contributed by atoms with E-state index in [4.69, 9.17) is 40.5 Å². The molecule has 0 spiro atoms. The minimum Gasteiger partial charge on any atom is -0.369 e. The number of amides is 2. The molecular formula is C24H16Cl3N5O4. The van der Waals surface area contributed by atoms with Crippen molar-refractivity contribution in [2.45, 2.75) is 5.92 Å². The summed E-state index contributed by atoms with van der Waals surface area (Å²) in [6, 6.07) is 15.8. The summed E-state index contributed by atoms with van der Waals surface area (Å²) >= 11 is 19.3. The Morgan fingerprint density at radius 1 is 1.00 bits per heavy atom. The molecule has 182 valence electrons. The number of rotatable bonds is 6. The van der Waals surface area contributed by atoms with Gasteiger partial charge in [-0.25, -0.2) is 4.79 Å². The molecule has 0 aliphatic carbocycles. The summed E-state index contributed by atoms with van der Waals surface area (Å²) in [6.45, 7) is 0. The van der Waals surface area contributed by atoms with Crippen LogP contribution < -0.4 is 22.3 Å².